The molecule has 7 heteroatoms. The van der Waals surface area contributed by atoms with Gasteiger partial charge in [0.25, 0.3) is 0 Å². The molecule has 114 valence electrons. The molecule has 5 nitrogen and oxygen atoms in total. The van der Waals surface area contributed by atoms with Crippen LogP contribution in [0.25, 0.3) is 17.1 Å². The van der Waals surface area contributed by atoms with E-state index in [1.165, 1.54) is 4.57 Å². The zero-order chi connectivity index (χ0) is 15.3. The number of aromatic nitrogens is 3. The number of benzene rings is 1. The van der Waals surface area contributed by atoms with Crippen molar-refractivity contribution in [2.75, 3.05) is 0 Å². The van der Waals surface area contributed by atoms with E-state index in [0.29, 0.717) is 0 Å². The van der Waals surface area contributed by atoms with E-state index in [9.17, 15) is 13.6 Å². The van der Waals surface area contributed by atoms with Gasteiger partial charge in [-0.05, 0) is 25.7 Å². The lowest BCUT2D eigenvalue weighted by Crippen LogP contribution is -2.17. The van der Waals surface area contributed by atoms with Gasteiger partial charge in [-0.25, -0.2) is 18.1 Å². The zero-order valence-corrected chi connectivity index (χ0v) is 11.7. The summed E-state index contributed by atoms with van der Waals surface area (Å²) < 4.78 is 33.7. The molecule has 0 spiro atoms. The largest absolute Gasteiger partial charge is 0.423 e. The van der Waals surface area contributed by atoms with Crippen molar-refractivity contribution in [1.29, 1.82) is 0 Å². The van der Waals surface area contributed by atoms with Crippen LogP contribution in [0.1, 0.15) is 30.7 Å². The standard InChI is InChI=1S/C15H13F2N3O2/c16-8-6-9(17)13-12(7-8)22-15(19-13)20-11-5-3-1-2-4-10(11)18-14(20)21/h6-7H,1-5H2,(H,18,21). The minimum Gasteiger partial charge on any atom is -0.423 e. The Hall–Kier alpha value is -2.44. The third-order valence-electron chi connectivity index (χ3n) is 4.01. The Bertz CT molecular complexity index is 923. The van der Waals surface area contributed by atoms with Crippen LogP contribution in [-0.4, -0.2) is 14.5 Å². The van der Waals surface area contributed by atoms with Gasteiger partial charge in [-0.15, -0.1) is 0 Å². The quantitative estimate of drug-likeness (QED) is 0.703. The van der Waals surface area contributed by atoms with E-state index < -0.39 is 11.6 Å². The van der Waals surface area contributed by atoms with E-state index in [-0.39, 0.29) is 22.8 Å². The molecule has 0 radical (unpaired) electrons. The maximum atomic E-state index is 13.7. The summed E-state index contributed by atoms with van der Waals surface area (Å²) in [6, 6.07) is 1.78. The smallest absolute Gasteiger partial charge is 0.334 e. The van der Waals surface area contributed by atoms with E-state index in [0.717, 1.165) is 55.6 Å². The summed E-state index contributed by atoms with van der Waals surface area (Å²) >= 11 is 0. The normalized spacial score (nSPS) is 15.0. The fraction of sp³-hybridized carbons (Fsp3) is 0.333. The van der Waals surface area contributed by atoms with Crippen LogP contribution >= 0.6 is 0 Å². The van der Waals surface area contributed by atoms with Crippen LogP contribution in [0.4, 0.5) is 8.78 Å². The molecular formula is C15H13F2N3O2. The van der Waals surface area contributed by atoms with E-state index in [2.05, 4.69) is 9.97 Å². The highest BCUT2D eigenvalue weighted by Crippen LogP contribution is 2.25. The Morgan fingerprint density at radius 2 is 2.00 bits per heavy atom. The monoisotopic (exact) mass is 305 g/mol. The average Bonchev–Trinajstić information content (AvgIpc) is 2.92. The minimum atomic E-state index is -0.806. The van der Waals surface area contributed by atoms with Gasteiger partial charge < -0.3 is 9.40 Å². The van der Waals surface area contributed by atoms with Crippen LogP contribution < -0.4 is 5.69 Å². The molecule has 0 atom stereocenters. The molecule has 0 amide bonds. The highest BCUT2D eigenvalue weighted by molar-refractivity contribution is 5.74. The molecule has 0 unspecified atom stereocenters. The van der Waals surface area contributed by atoms with Crippen LogP contribution in [0.5, 0.6) is 0 Å². The number of H-pyrrole nitrogens is 1. The molecule has 1 aromatic carbocycles. The van der Waals surface area contributed by atoms with Gasteiger partial charge in [0.1, 0.15) is 11.3 Å². The van der Waals surface area contributed by atoms with Crippen LogP contribution in [0.3, 0.4) is 0 Å². The Balaban J connectivity index is 1.94. The van der Waals surface area contributed by atoms with Gasteiger partial charge in [0.15, 0.2) is 11.4 Å². The summed E-state index contributed by atoms with van der Waals surface area (Å²) in [6.07, 6.45) is 4.59. The molecular weight excluding hydrogens is 292 g/mol. The molecule has 3 aromatic rings. The third kappa shape index (κ3) is 1.96. The first-order chi connectivity index (χ1) is 10.6. The summed E-state index contributed by atoms with van der Waals surface area (Å²) in [5, 5.41) is 0. The second-order valence-corrected chi connectivity index (χ2v) is 5.48. The Morgan fingerprint density at radius 1 is 1.18 bits per heavy atom. The lowest BCUT2D eigenvalue weighted by Gasteiger charge is -2.02. The first kappa shape index (κ1) is 13.2. The number of rotatable bonds is 1. The Morgan fingerprint density at radius 3 is 2.86 bits per heavy atom. The maximum Gasteiger partial charge on any atom is 0.334 e. The molecule has 2 heterocycles. The van der Waals surface area contributed by atoms with Crippen molar-refractivity contribution >= 4 is 11.1 Å². The molecule has 4 rings (SSSR count). The van der Waals surface area contributed by atoms with Gasteiger partial charge in [0.05, 0.1) is 5.69 Å². The van der Waals surface area contributed by atoms with Crippen molar-refractivity contribution in [3.8, 4) is 6.01 Å². The van der Waals surface area contributed by atoms with Gasteiger partial charge in [0.2, 0.25) is 0 Å². The number of hydrogen-bond acceptors (Lipinski definition) is 3. The van der Waals surface area contributed by atoms with Crippen molar-refractivity contribution in [2.24, 2.45) is 0 Å². The second-order valence-electron chi connectivity index (χ2n) is 5.48. The zero-order valence-electron chi connectivity index (χ0n) is 11.7. The SMILES string of the molecule is O=c1[nH]c2c(n1-c1nc3c(F)cc(F)cc3o1)CCCCC2. The van der Waals surface area contributed by atoms with Crippen molar-refractivity contribution < 1.29 is 13.2 Å². The number of halogens is 2. The van der Waals surface area contributed by atoms with Gasteiger partial charge >= 0.3 is 11.7 Å². The number of fused-ring (bicyclic) bond motifs is 2. The molecule has 0 saturated carbocycles. The van der Waals surface area contributed by atoms with Crippen molar-refractivity contribution in [1.82, 2.24) is 14.5 Å². The summed E-state index contributed by atoms with van der Waals surface area (Å²) in [5.41, 5.74) is 1.24. The summed E-state index contributed by atoms with van der Waals surface area (Å²) in [4.78, 5) is 19.0. The highest BCUT2D eigenvalue weighted by Gasteiger charge is 2.22. The van der Waals surface area contributed by atoms with Crippen LogP contribution in [0.2, 0.25) is 0 Å². The van der Waals surface area contributed by atoms with Gasteiger partial charge in [-0.3, -0.25) is 0 Å². The number of nitrogens with zero attached hydrogens (tertiary/aromatic N) is 2. The third-order valence-corrected chi connectivity index (χ3v) is 4.01. The van der Waals surface area contributed by atoms with E-state index >= 15 is 0 Å². The van der Waals surface area contributed by atoms with E-state index in [4.69, 9.17) is 4.42 Å². The predicted octanol–water partition coefficient (Wildman–Crippen LogP) is 2.85. The first-order valence-electron chi connectivity index (χ1n) is 7.22. The lowest BCUT2D eigenvalue weighted by atomic mass is 10.2. The van der Waals surface area contributed by atoms with Crippen molar-refractivity contribution in [2.45, 2.75) is 32.1 Å². The lowest BCUT2D eigenvalue weighted by molar-refractivity contribution is 0.544. The number of nitrogens with one attached hydrogen (secondary N) is 1. The number of aryl methyl sites for hydroxylation is 1. The van der Waals surface area contributed by atoms with Crippen molar-refractivity contribution in [3.63, 3.8) is 0 Å². The number of imidazole rings is 1. The average molecular weight is 305 g/mol. The Kier molecular flexibility index (Phi) is 2.88. The first-order valence-corrected chi connectivity index (χ1v) is 7.22. The molecule has 1 aliphatic rings. The summed E-state index contributed by atoms with van der Waals surface area (Å²) in [5.74, 6) is -1.55. The fourth-order valence-electron chi connectivity index (χ4n) is 3.00. The number of oxazole rings is 1. The molecule has 0 saturated heterocycles. The topological polar surface area (TPSA) is 63.8 Å². The van der Waals surface area contributed by atoms with Gasteiger partial charge in [-0.2, -0.15) is 4.98 Å². The maximum absolute atomic E-state index is 13.7. The van der Waals surface area contributed by atoms with Crippen LogP contribution in [0.15, 0.2) is 21.3 Å². The number of aromatic amines is 1. The number of hydrogen-bond donors (Lipinski definition) is 1. The highest BCUT2D eigenvalue weighted by atomic mass is 19.1. The van der Waals surface area contributed by atoms with Crippen LogP contribution in [0, 0.1) is 11.6 Å². The molecule has 0 aliphatic heterocycles. The van der Waals surface area contributed by atoms with Crippen LogP contribution in [-0.2, 0) is 12.8 Å². The van der Waals surface area contributed by atoms with E-state index in [1.807, 2.05) is 0 Å². The molecule has 1 aliphatic carbocycles. The molecule has 22 heavy (non-hydrogen) atoms. The van der Waals surface area contributed by atoms with Crippen molar-refractivity contribution in [3.05, 3.63) is 45.6 Å². The van der Waals surface area contributed by atoms with Gasteiger partial charge in [-0.1, -0.05) is 6.42 Å². The molecule has 0 bridgehead atoms. The molecule has 0 fully saturated rings. The summed E-state index contributed by atoms with van der Waals surface area (Å²) in [6.45, 7) is 0. The Labute approximate surface area is 123 Å². The van der Waals surface area contributed by atoms with Gasteiger partial charge in [0, 0.05) is 17.8 Å². The molecule has 1 N–H and O–H groups in total. The second kappa shape index (κ2) is 4.79. The minimum absolute atomic E-state index is 0.0111. The summed E-state index contributed by atoms with van der Waals surface area (Å²) in [7, 11) is 0. The predicted molar refractivity (Wildman–Crippen MR) is 75.1 cm³/mol. The fourth-order valence-corrected chi connectivity index (χ4v) is 3.00. The molecule has 2 aromatic heterocycles. The van der Waals surface area contributed by atoms with E-state index in [1.54, 1.807) is 0 Å².